The van der Waals surface area contributed by atoms with Crippen LogP contribution in [0.4, 0.5) is 13.2 Å². The van der Waals surface area contributed by atoms with Gasteiger partial charge in [-0.15, -0.1) is 0 Å². The Bertz CT molecular complexity index is 347. The lowest BCUT2D eigenvalue weighted by atomic mass is 9.85. The van der Waals surface area contributed by atoms with Crippen molar-refractivity contribution in [3.8, 4) is 0 Å². The molecule has 0 bridgehead atoms. The molecule has 0 saturated carbocycles. The molecule has 0 amide bonds. The molecule has 0 aromatic heterocycles. The first-order chi connectivity index (χ1) is 6.38. The average Bonchev–Trinajstić information content (AvgIpc) is 2.11. The van der Waals surface area contributed by atoms with Gasteiger partial charge in [0.15, 0.2) is 11.6 Å². The maximum Gasteiger partial charge on any atom is 0.161 e. The summed E-state index contributed by atoms with van der Waals surface area (Å²) >= 11 is 0. The van der Waals surface area contributed by atoms with Crippen LogP contribution in [0, 0.1) is 17.5 Å². The Balaban J connectivity index is 3.29. The number of benzene rings is 1. The molecule has 1 aromatic carbocycles. The third kappa shape index (κ3) is 1.90. The minimum Gasteiger partial charge on any atom is -0.395 e. The number of hydrogen-bond donors (Lipinski definition) is 1. The van der Waals surface area contributed by atoms with Crippen LogP contribution in [0.1, 0.15) is 19.4 Å². The van der Waals surface area contributed by atoms with Gasteiger partial charge >= 0.3 is 0 Å². The highest BCUT2D eigenvalue weighted by molar-refractivity contribution is 5.27. The summed E-state index contributed by atoms with van der Waals surface area (Å²) in [5, 5.41) is 8.95. The minimum atomic E-state index is -1.22. The Labute approximate surface area is 80.2 Å². The van der Waals surface area contributed by atoms with Gasteiger partial charge in [0.2, 0.25) is 0 Å². The van der Waals surface area contributed by atoms with E-state index in [0.29, 0.717) is 6.07 Å². The van der Waals surface area contributed by atoms with Crippen molar-refractivity contribution in [1.29, 1.82) is 0 Å². The molecule has 4 heteroatoms. The van der Waals surface area contributed by atoms with Crippen molar-refractivity contribution in [2.45, 2.75) is 19.3 Å². The molecule has 0 fully saturated rings. The van der Waals surface area contributed by atoms with Crippen LogP contribution in [0.25, 0.3) is 0 Å². The fourth-order valence-corrected chi connectivity index (χ4v) is 1.13. The second kappa shape index (κ2) is 3.61. The van der Waals surface area contributed by atoms with Gasteiger partial charge < -0.3 is 5.11 Å². The number of hydrogen-bond acceptors (Lipinski definition) is 1. The summed E-state index contributed by atoms with van der Waals surface area (Å²) in [6.45, 7) is 2.75. The van der Waals surface area contributed by atoms with E-state index in [2.05, 4.69) is 0 Å². The smallest absolute Gasteiger partial charge is 0.161 e. The van der Waals surface area contributed by atoms with Gasteiger partial charge in [-0.05, 0) is 11.6 Å². The second-order valence-electron chi connectivity index (χ2n) is 3.79. The van der Waals surface area contributed by atoms with Gasteiger partial charge in [0, 0.05) is 11.5 Å². The van der Waals surface area contributed by atoms with Gasteiger partial charge in [-0.1, -0.05) is 13.8 Å². The average molecular weight is 204 g/mol. The van der Waals surface area contributed by atoms with Crippen molar-refractivity contribution >= 4 is 0 Å². The zero-order valence-electron chi connectivity index (χ0n) is 7.94. The molecular formula is C10H11F3O. The van der Waals surface area contributed by atoms with E-state index in [1.807, 2.05) is 0 Å². The third-order valence-corrected chi connectivity index (χ3v) is 2.13. The van der Waals surface area contributed by atoms with Crippen molar-refractivity contribution < 1.29 is 18.3 Å². The maximum atomic E-state index is 13.2. The van der Waals surface area contributed by atoms with Gasteiger partial charge in [-0.3, -0.25) is 0 Å². The lowest BCUT2D eigenvalue weighted by molar-refractivity contribution is 0.214. The highest BCUT2D eigenvalue weighted by Gasteiger charge is 2.25. The molecule has 1 aromatic rings. The van der Waals surface area contributed by atoms with Crippen LogP contribution in [-0.2, 0) is 5.41 Å². The van der Waals surface area contributed by atoms with Crippen molar-refractivity contribution in [3.05, 3.63) is 35.1 Å². The van der Waals surface area contributed by atoms with E-state index in [0.717, 1.165) is 6.07 Å². The first-order valence-electron chi connectivity index (χ1n) is 4.14. The normalized spacial score (nSPS) is 11.9. The molecule has 1 N–H and O–H groups in total. The first kappa shape index (κ1) is 11.0. The summed E-state index contributed by atoms with van der Waals surface area (Å²) in [4.78, 5) is 0. The fourth-order valence-electron chi connectivity index (χ4n) is 1.13. The lowest BCUT2D eigenvalue weighted by Crippen LogP contribution is -2.24. The number of aliphatic hydroxyl groups is 1. The zero-order chi connectivity index (χ0) is 10.9. The van der Waals surface area contributed by atoms with Gasteiger partial charge in [-0.25, -0.2) is 13.2 Å². The SMILES string of the molecule is CC(C)(CO)c1cc(F)c(F)cc1F. The van der Waals surface area contributed by atoms with E-state index in [4.69, 9.17) is 5.11 Å². The Morgan fingerprint density at radius 3 is 2.07 bits per heavy atom. The molecule has 0 aliphatic carbocycles. The van der Waals surface area contributed by atoms with E-state index in [1.54, 1.807) is 13.8 Å². The molecular weight excluding hydrogens is 193 g/mol. The minimum absolute atomic E-state index is 0.0288. The number of halogens is 3. The van der Waals surface area contributed by atoms with Crippen molar-refractivity contribution in [2.75, 3.05) is 6.61 Å². The topological polar surface area (TPSA) is 20.2 Å². The third-order valence-electron chi connectivity index (χ3n) is 2.13. The molecule has 1 rings (SSSR count). The van der Waals surface area contributed by atoms with E-state index in [1.165, 1.54) is 0 Å². The summed E-state index contributed by atoms with van der Waals surface area (Å²) in [5.41, 5.74) is -0.947. The van der Waals surface area contributed by atoms with Crippen LogP contribution in [0.5, 0.6) is 0 Å². The standard InChI is InChI=1S/C10H11F3O/c1-10(2,5-14)6-3-8(12)9(13)4-7(6)11/h3-4,14H,5H2,1-2H3. The monoisotopic (exact) mass is 204 g/mol. The first-order valence-corrected chi connectivity index (χ1v) is 4.14. The predicted octanol–water partition coefficient (Wildman–Crippen LogP) is 2.37. The fraction of sp³-hybridized carbons (Fsp3) is 0.400. The van der Waals surface area contributed by atoms with Crippen LogP contribution >= 0.6 is 0 Å². The largest absolute Gasteiger partial charge is 0.395 e. The molecule has 0 spiro atoms. The quantitative estimate of drug-likeness (QED) is 0.733. The number of rotatable bonds is 2. The van der Waals surface area contributed by atoms with Crippen molar-refractivity contribution in [3.63, 3.8) is 0 Å². The maximum absolute atomic E-state index is 13.2. The molecule has 0 atom stereocenters. The zero-order valence-corrected chi connectivity index (χ0v) is 7.94. The Morgan fingerprint density at radius 2 is 1.57 bits per heavy atom. The summed E-state index contributed by atoms with van der Waals surface area (Å²) in [6, 6.07) is 1.27. The van der Waals surface area contributed by atoms with Gasteiger partial charge in [-0.2, -0.15) is 0 Å². The number of aliphatic hydroxyl groups excluding tert-OH is 1. The predicted molar refractivity (Wildman–Crippen MR) is 46.4 cm³/mol. The highest BCUT2D eigenvalue weighted by Crippen LogP contribution is 2.26. The van der Waals surface area contributed by atoms with Crippen molar-refractivity contribution in [2.24, 2.45) is 0 Å². The van der Waals surface area contributed by atoms with Gasteiger partial charge in [0.25, 0.3) is 0 Å². The van der Waals surface area contributed by atoms with Crippen LogP contribution in [0.15, 0.2) is 12.1 Å². The van der Waals surface area contributed by atoms with E-state index >= 15 is 0 Å². The van der Waals surface area contributed by atoms with E-state index in [9.17, 15) is 13.2 Å². The second-order valence-corrected chi connectivity index (χ2v) is 3.79. The highest BCUT2D eigenvalue weighted by atomic mass is 19.2. The summed E-state index contributed by atoms with van der Waals surface area (Å²) in [5.74, 6) is -3.18. The molecule has 14 heavy (non-hydrogen) atoms. The van der Waals surface area contributed by atoms with Gasteiger partial charge in [0.05, 0.1) is 6.61 Å². The Kier molecular flexibility index (Phi) is 2.85. The van der Waals surface area contributed by atoms with Crippen LogP contribution in [0.3, 0.4) is 0 Å². The molecule has 0 aliphatic rings. The van der Waals surface area contributed by atoms with Crippen LogP contribution < -0.4 is 0 Å². The molecule has 0 unspecified atom stereocenters. The summed E-state index contributed by atoms with van der Waals surface area (Å²) in [6.07, 6.45) is 0. The lowest BCUT2D eigenvalue weighted by Gasteiger charge is -2.22. The summed E-state index contributed by atoms with van der Waals surface area (Å²) in [7, 11) is 0. The van der Waals surface area contributed by atoms with Gasteiger partial charge in [0.1, 0.15) is 5.82 Å². The van der Waals surface area contributed by atoms with Crippen LogP contribution in [-0.4, -0.2) is 11.7 Å². The van der Waals surface area contributed by atoms with Crippen molar-refractivity contribution in [1.82, 2.24) is 0 Å². The Morgan fingerprint density at radius 1 is 1.07 bits per heavy atom. The molecule has 0 saturated heterocycles. The molecule has 1 nitrogen and oxygen atoms in total. The van der Waals surface area contributed by atoms with E-state index < -0.39 is 22.9 Å². The van der Waals surface area contributed by atoms with Crippen LogP contribution in [0.2, 0.25) is 0 Å². The molecule has 0 aliphatic heterocycles. The Hall–Kier alpha value is -1.03. The summed E-state index contributed by atoms with van der Waals surface area (Å²) < 4.78 is 38.6. The molecule has 78 valence electrons. The van der Waals surface area contributed by atoms with E-state index in [-0.39, 0.29) is 12.2 Å². The molecule has 0 radical (unpaired) electrons. The molecule has 0 heterocycles.